The van der Waals surface area contributed by atoms with Crippen LogP contribution in [0.25, 0.3) is 22.3 Å². The molecule has 4 heteroatoms. The molecule has 0 amide bonds. The van der Waals surface area contributed by atoms with Gasteiger partial charge in [-0.2, -0.15) is 0 Å². The molecule has 1 aromatic heterocycles. The molecule has 2 aromatic carbocycles. The Kier molecular flexibility index (Phi) is 6.54. The van der Waals surface area contributed by atoms with Crippen molar-refractivity contribution in [2.24, 2.45) is 0 Å². The summed E-state index contributed by atoms with van der Waals surface area (Å²) >= 11 is 0. The molecule has 3 atom stereocenters. The number of hydrogen-bond acceptors (Lipinski definition) is 4. The average Bonchev–Trinajstić information content (AvgIpc) is 3.12. The molecule has 0 spiro atoms. The van der Waals surface area contributed by atoms with E-state index in [2.05, 4.69) is 37.9 Å². The third-order valence-corrected chi connectivity index (χ3v) is 5.38. The first kappa shape index (κ1) is 20.7. The first-order valence-electron chi connectivity index (χ1n) is 10.7. The second-order valence-corrected chi connectivity index (χ2v) is 8.06. The number of ether oxygens (including phenoxy) is 2. The fourth-order valence-corrected chi connectivity index (χ4v) is 3.94. The first-order valence-corrected chi connectivity index (χ1v) is 10.7. The van der Waals surface area contributed by atoms with Crippen molar-refractivity contribution in [2.45, 2.75) is 58.1 Å². The van der Waals surface area contributed by atoms with E-state index in [1.54, 1.807) is 0 Å². The zero-order valence-electron chi connectivity index (χ0n) is 17.9. The second kappa shape index (κ2) is 9.49. The van der Waals surface area contributed by atoms with Crippen LogP contribution in [0.4, 0.5) is 0 Å². The predicted octanol–water partition coefficient (Wildman–Crippen LogP) is 5.36. The number of hydrogen-bond donors (Lipinski definition) is 1. The van der Waals surface area contributed by atoms with E-state index < -0.39 is 0 Å². The third kappa shape index (κ3) is 4.76. The van der Waals surface area contributed by atoms with Gasteiger partial charge in [0.1, 0.15) is 12.2 Å². The van der Waals surface area contributed by atoms with Crippen LogP contribution in [0.1, 0.15) is 39.2 Å². The molecule has 1 fully saturated rings. The van der Waals surface area contributed by atoms with Gasteiger partial charge in [0.15, 0.2) is 12.1 Å². The van der Waals surface area contributed by atoms with Crippen molar-refractivity contribution >= 4 is 11.0 Å². The summed E-state index contributed by atoms with van der Waals surface area (Å²) in [5, 5.41) is 4.58. The van der Waals surface area contributed by atoms with Crippen molar-refractivity contribution in [1.82, 2.24) is 5.32 Å². The molecule has 0 bridgehead atoms. The summed E-state index contributed by atoms with van der Waals surface area (Å²) in [6.45, 7) is 6.75. The molecule has 0 radical (unpaired) electrons. The summed E-state index contributed by atoms with van der Waals surface area (Å²) in [6.07, 6.45) is 1.85. The van der Waals surface area contributed by atoms with Gasteiger partial charge in [0.25, 0.3) is 0 Å². The topological polar surface area (TPSA) is 43.6 Å². The van der Waals surface area contributed by atoms with E-state index in [9.17, 15) is 0 Å². The zero-order valence-corrected chi connectivity index (χ0v) is 17.9. The van der Waals surface area contributed by atoms with Crippen LogP contribution >= 0.6 is 0 Å². The number of fused-ring (bicyclic) bond motifs is 1. The van der Waals surface area contributed by atoms with Gasteiger partial charge in [-0.1, -0.05) is 68.2 Å². The smallest absolute Gasteiger partial charge is 0.159 e. The zero-order chi connectivity index (χ0) is 20.9. The van der Waals surface area contributed by atoms with Crippen LogP contribution in [-0.2, 0) is 9.47 Å². The normalized spacial score (nSPS) is 21.5. The summed E-state index contributed by atoms with van der Waals surface area (Å²) in [6, 6.07) is 18.9. The third-order valence-electron chi connectivity index (χ3n) is 5.38. The van der Waals surface area contributed by atoms with E-state index in [1.807, 2.05) is 54.6 Å². The van der Waals surface area contributed by atoms with Gasteiger partial charge in [-0.25, -0.2) is 0 Å². The molecule has 1 N–H and O–H groups in total. The lowest BCUT2D eigenvalue weighted by atomic mass is 10.0. The number of furan rings is 1. The molecule has 3 aromatic rings. The van der Waals surface area contributed by atoms with E-state index >= 15 is 0 Å². The average molecular weight is 404 g/mol. The van der Waals surface area contributed by atoms with Crippen molar-refractivity contribution in [3.8, 4) is 23.2 Å². The molecule has 1 saturated heterocycles. The maximum absolute atomic E-state index is 6.11. The monoisotopic (exact) mass is 403 g/mol. The Morgan fingerprint density at radius 2 is 1.83 bits per heavy atom. The van der Waals surface area contributed by atoms with Gasteiger partial charge in [0, 0.05) is 29.5 Å². The second-order valence-electron chi connectivity index (χ2n) is 8.06. The van der Waals surface area contributed by atoms with Crippen LogP contribution in [0.2, 0.25) is 0 Å². The van der Waals surface area contributed by atoms with Gasteiger partial charge >= 0.3 is 0 Å². The fraction of sp³-hybridized carbons (Fsp3) is 0.385. The minimum atomic E-state index is -0.200. The summed E-state index contributed by atoms with van der Waals surface area (Å²) in [5.41, 5.74) is 2.77. The highest BCUT2D eigenvalue weighted by Crippen LogP contribution is 2.32. The molecule has 4 nitrogen and oxygen atoms in total. The first-order chi connectivity index (χ1) is 14.6. The lowest BCUT2D eigenvalue weighted by Gasteiger charge is -2.35. The molecule has 4 rings (SSSR count). The van der Waals surface area contributed by atoms with Crippen LogP contribution < -0.4 is 5.32 Å². The highest BCUT2D eigenvalue weighted by molar-refractivity contribution is 5.91. The molecule has 156 valence electrons. The summed E-state index contributed by atoms with van der Waals surface area (Å²) < 4.78 is 18.1. The van der Waals surface area contributed by atoms with Gasteiger partial charge in [-0.05, 0) is 25.5 Å². The van der Waals surface area contributed by atoms with Gasteiger partial charge < -0.3 is 19.2 Å². The van der Waals surface area contributed by atoms with Crippen molar-refractivity contribution < 1.29 is 13.9 Å². The number of benzene rings is 2. The van der Waals surface area contributed by atoms with Crippen LogP contribution in [0, 0.1) is 11.8 Å². The van der Waals surface area contributed by atoms with E-state index in [-0.39, 0.29) is 12.4 Å². The lowest BCUT2D eigenvalue weighted by Crippen LogP contribution is -2.48. The molecule has 2 heterocycles. The minimum absolute atomic E-state index is 0.126. The maximum atomic E-state index is 6.11. The van der Waals surface area contributed by atoms with Crippen molar-refractivity contribution in [3.05, 3.63) is 60.2 Å². The van der Waals surface area contributed by atoms with Crippen LogP contribution in [0.15, 0.2) is 59.0 Å². The number of para-hydroxylation sites is 1. The van der Waals surface area contributed by atoms with E-state index in [4.69, 9.17) is 13.9 Å². The fourth-order valence-electron chi connectivity index (χ4n) is 3.94. The number of rotatable bonds is 5. The predicted molar refractivity (Wildman–Crippen MR) is 120 cm³/mol. The standard InChI is InChI=1S/C26H29NO3/c1-18(2)27-23-15-16-25(29-19(23)3)28-17-9-13-22-21-12-7-8-14-24(21)30-26(22)20-10-5-4-6-11-20/h4-8,10-12,14,18-19,23,25,27H,15-17H2,1-3H3/t19-,23-,25+/m0/s1. The van der Waals surface area contributed by atoms with Gasteiger partial charge in [-0.15, -0.1) is 0 Å². The SMILES string of the molecule is CC(C)N[C@H]1CC[C@H](OCC#Cc2c(-c3ccccc3)oc3ccccc23)O[C@H]1C. The van der Waals surface area contributed by atoms with Crippen LogP contribution in [-0.4, -0.2) is 31.1 Å². The van der Waals surface area contributed by atoms with Gasteiger partial charge in [-0.3, -0.25) is 0 Å². The summed E-state index contributed by atoms with van der Waals surface area (Å²) in [4.78, 5) is 0. The molecule has 1 aliphatic heterocycles. The largest absolute Gasteiger partial charge is 0.455 e. The van der Waals surface area contributed by atoms with E-state index in [0.29, 0.717) is 18.7 Å². The quantitative estimate of drug-likeness (QED) is 0.583. The molecular formula is C26H29NO3. The van der Waals surface area contributed by atoms with Crippen molar-refractivity contribution in [1.29, 1.82) is 0 Å². The Morgan fingerprint density at radius 1 is 1.07 bits per heavy atom. The maximum Gasteiger partial charge on any atom is 0.159 e. The van der Waals surface area contributed by atoms with E-state index in [0.717, 1.165) is 40.7 Å². The Morgan fingerprint density at radius 3 is 2.60 bits per heavy atom. The van der Waals surface area contributed by atoms with Crippen molar-refractivity contribution in [3.63, 3.8) is 0 Å². The lowest BCUT2D eigenvalue weighted by molar-refractivity contribution is -0.191. The van der Waals surface area contributed by atoms with Crippen LogP contribution in [0.5, 0.6) is 0 Å². The van der Waals surface area contributed by atoms with E-state index in [1.165, 1.54) is 0 Å². The molecule has 0 saturated carbocycles. The minimum Gasteiger partial charge on any atom is -0.455 e. The molecule has 30 heavy (non-hydrogen) atoms. The molecule has 0 aliphatic carbocycles. The Hall–Kier alpha value is -2.58. The van der Waals surface area contributed by atoms with Gasteiger partial charge in [0.2, 0.25) is 0 Å². The summed E-state index contributed by atoms with van der Waals surface area (Å²) in [5.74, 6) is 7.25. The Labute approximate surface area is 178 Å². The molecule has 1 aliphatic rings. The highest BCUT2D eigenvalue weighted by atomic mass is 16.7. The Balaban J connectivity index is 1.45. The molecular weight excluding hydrogens is 374 g/mol. The Bertz CT molecular complexity index is 1030. The van der Waals surface area contributed by atoms with Crippen LogP contribution in [0.3, 0.4) is 0 Å². The van der Waals surface area contributed by atoms with Gasteiger partial charge in [0.05, 0.1) is 11.7 Å². The summed E-state index contributed by atoms with van der Waals surface area (Å²) in [7, 11) is 0. The number of nitrogens with one attached hydrogen (secondary N) is 1. The van der Waals surface area contributed by atoms with Crippen molar-refractivity contribution in [2.75, 3.05) is 6.61 Å². The molecule has 0 unspecified atom stereocenters. The highest BCUT2D eigenvalue weighted by Gasteiger charge is 2.28.